The number of hydrogen-bond donors (Lipinski definition) is 2. The molecule has 2 atom stereocenters. The minimum absolute atomic E-state index is 0.313. The zero-order chi connectivity index (χ0) is 16.5. The molecule has 22 heavy (non-hydrogen) atoms. The predicted molar refractivity (Wildman–Crippen MR) is 78.7 cm³/mol. The maximum Gasteiger partial charge on any atom is 0.328 e. The van der Waals surface area contributed by atoms with Crippen LogP contribution in [-0.2, 0) is 30.3 Å². The molecule has 0 bridgehead atoms. The van der Waals surface area contributed by atoms with Crippen LogP contribution in [0.2, 0.25) is 0 Å². The molecule has 1 aromatic rings. The van der Waals surface area contributed by atoms with E-state index >= 15 is 0 Å². The Kier molecular flexibility index (Phi) is 7.04. The van der Waals surface area contributed by atoms with Crippen LogP contribution in [0.25, 0.3) is 0 Å². The Hall–Kier alpha value is -2.41. The topological polar surface area (TPSA) is 108 Å². The fourth-order valence-electron chi connectivity index (χ4n) is 1.83. The lowest BCUT2D eigenvalue weighted by Crippen LogP contribution is -2.50. The Bertz CT molecular complexity index is 518. The summed E-state index contributed by atoms with van der Waals surface area (Å²) in [6.07, 6.45) is 0.00571. The summed E-state index contributed by atoms with van der Waals surface area (Å²) >= 11 is 0. The molecule has 7 nitrogen and oxygen atoms in total. The van der Waals surface area contributed by atoms with E-state index in [-0.39, 0.29) is 6.42 Å². The summed E-state index contributed by atoms with van der Waals surface area (Å²) in [5.74, 6) is -1.90. The second-order valence-corrected chi connectivity index (χ2v) is 4.66. The number of nitrogens with one attached hydrogen (secondary N) is 1. The molecule has 0 aromatic heterocycles. The molecule has 1 amide bonds. The molecule has 3 N–H and O–H groups in total. The molecule has 0 unspecified atom stereocenters. The molecule has 0 fully saturated rings. The van der Waals surface area contributed by atoms with Crippen molar-refractivity contribution in [3.05, 3.63) is 35.9 Å². The highest BCUT2D eigenvalue weighted by Crippen LogP contribution is 2.03. The van der Waals surface area contributed by atoms with Gasteiger partial charge in [-0.3, -0.25) is 9.59 Å². The van der Waals surface area contributed by atoms with Crippen molar-refractivity contribution in [3.63, 3.8) is 0 Å². The Morgan fingerprint density at radius 1 is 1.14 bits per heavy atom. The van der Waals surface area contributed by atoms with Crippen LogP contribution in [0.5, 0.6) is 0 Å². The first-order chi connectivity index (χ1) is 10.5. The number of methoxy groups -OCH3 is 2. The van der Waals surface area contributed by atoms with E-state index in [1.54, 1.807) is 0 Å². The van der Waals surface area contributed by atoms with E-state index < -0.39 is 29.9 Å². The van der Waals surface area contributed by atoms with E-state index in [9.17, 15) is 14.4 Å². The number of rotatable bonds is 7. The number of hydrogen-bond acceptors (Lipinski definition) is 6. The van der Waals surface area contributed by atoms with E-state index in [0.717, 1.165) is 5.56 Å². The Morgan fingerprint density at radius 2 is 1.77 bits per heavy atom. The summed E-state index contributed by atoms with van der Waals surface area (Å²) < 4.78 is 9.04. The lowest BCUT2D eigenvalue weighted by Gasteiger charge is -2.18. The molecular weight excluding hydrogens is 288 g/mol. The fourth-order valence-corrected chi connectivity index (χ4v) is 1.83. The average molecular weight is 308 g/mol. The number of esters is 2. The molecule has 0 radical (unpaired) electrons. The van der Waals surface area contributed by atoms with Crippen molar-refractivity contribution in [2.24, 2.45) is 5.73 Å². The van der Waals surface area contributed by atoms with Gasteiger partial charge in [0.05, 0.1) is 26.7 Å². The smallest absolute Gasteiger partial charge is 0.328 e. The normalized spacial score (nSPS) is 12.9. The lowest BCUT2D eigenvalue weighted by atomic mass is 10.1. The zero-order valence-corrected chi connectivity index (χ0v) is 12.6. The standard InChI is InChI=1S/C15H20N2O5/c1-21-13(18)9-12(15(20)22-2)17-14(19)11(16)8-10-6-4-3-5-7-10/h3-7,11-12H,8-9,16H2,1-2H3,(H,17,19)/t11-,12-/m0/s1. The number of ether oxygens (including phenoxy) is 2. The number of carbonyl (C=O) groups excluding carboxylic acids is 3. The van der Waals surface area contributed by atoms with Crippen molar-refractivity contribution in [1.29, 1.82) is 0 Å². The van der Waals surface area contributed by atoms with Gasteiger partial charge in [0.1, 0.15) is 6.04 Å². The van der Waals surface area contributed by atoms with Gasteiger partial charge in [-0.2, -0.15) is 0 Å². The number of carbonyl (C=O) groups is 3. The van der Waals surface area contributed by atoms with Crippen LogP contribution < -0.4 is 11.1 Å². The first-order valence-corrected chi connectivity index (χ1v) is 6.72. The number of nitrogens with two attached hydrogens (primary N) is 1. The minimum Gasteiger partial charge on any atom is -0.469 e. The second kappa shape index (κ2) is 8.78. The van der Waals surface area contributed by atoms with Gasteiger partial charge in [0.25, 0.3) is 0 Å². The van der Waals surface area contributed by atoms with Gasteiger partial charge in [-0.05, 0) is 12.0 Å². The van der Waals surface area contributed by atoms with Gasteiger partial charge in [0, 0.05) is 0 Å². The first kappa shape index (κ1) is 17.6. The molecule has 0 aliphatic carbocycles. The van der Waals surface area contributed by atoms with Gasteiger partial charge < -0.3 is 20.5 Å². The van der Waals surface area contributed by atoms with Gasteiger partial charge >= 0.3 is 11.9 Å². The molecule has 120 valence electrons. The second-order valence-electron chi connectivity index (χ2n) is 4.66. The van der Waals surface area contributed by atoms with E-state index in [0.29, 0.717) is 6.42 Å². The van der Waals surface area contributed by atoms with Crippen LogP contribution in [0.1, 0.15) is 12.0 Å². The molecule has 0 aliphatic heterocycles. The fraction of sp³-hybridized carbons (Fsp3) is 0.400. The molecule has 0 saturated carbocycles. The largest absolute Gasteiger partial charge is 0.469 e. The third-order valence-corrected chi connectivity index (χ3v) is 3.04. The van der Waals surface area contributed by atoms with Gasteiger partial charge in [-0.25, -0.2) is 4.79 Å². The van der Waals surface area contributed by atoms with Crippen molar-refractivity contribution in [2.45, 2.75) is 24.9 Å². The van der Waals surface area contributed by atoms with Crippen LogP contribution in [0.15, 0.2) is 30.3 Å². The maximum atomic E-state index is 12.1. The van der Waals surface area contributed by atoms with Crippen molar-refractivity contribution in [3.8, 4) is 0 Å². The maximum absolute atomic E-state index is 12.1. The lowest BCUT2D eigenvalue weighted by molar-refractivity contribution is -0.150. The summed E-state index contributed by atoms with van der Waals surface area (Å²) in [5.41, 5.74) is 6.72. The molecule has 1 aromatic carbocycles. The van der Waals surface area contributed by atoms with Crippen LogP contribution >= 0.6 is 0 Å². The third-order valence-electron chi connectivity index (χ3n) is 3.04. The van der Waals surface area contributed by atoms with Gasteiger partial charge in [0.2, 0.25) is 5.91 Å². The summed E-state index contributed by atoms with van der Waals surface area (Å²) in [7, 11) is 2.36. The van der Waals surface area contributed by atoms with Crippen molar-refractivity contribution < 1.29 is 23.9 Å². The molecule has 0 spiro atoms. The van der Waals surface area contributed by atoms with E-state index in [1.165, 1.54) is 14.2 Å². The SMILES string of the molecule is COC(=O)C[C@H](NC(=O)[C@@H](N)Cc1ccccc1)C(=O)OC. The average Bonchev–Trinajstić information content (AvgIpc) is 2.53. The third kappa shape index (κ3) is 5.53. The monoisotopic (exact) mass is 308 g/mol. The zero-order valence-electron chi connectivity index (χ0n) is 12.6. The summed E-state index contributed by atoms with van der Waals surface area (Å²) in [6.45, 7) is 0. The Balaban J connectivity index is 2.65. The van der Waals surface area contributed by atoms with Gasteiger partial charge in [-0.15, -0.1) is 0 Å². The Morgan fingerprint density at radius 3 is 2.32 bits per heavy atom. The van der Waals surface area contributed by atoms with Crippen LogP contribution in [-0.4, -0.2) is 44.1 Å². The molecule has 0 saturated heterocycles. The van der Waals surface area contributed by atoms with E-state index in [1.807, 2.05) is 30.3 Å². The van der Waals surface area contributed by atoms with Crippen LogP contribution in [0.3, 0.4) is 0 Å². The van der Waals surface area contributed by atoms with E-state index in [2.05, 4.69) is 14.8 Å². The number of benzene rings is 1. The van der Waals surface area contributed by atoms with Crippen LogP contribution in [0.4, 0.5) is 0 Å². The predicted octanol–water partition coefficient (Wildman–Crippen LogP) is -0.223. The van der Waals surface area contributed by atoms with E-state index in [4.69, 9.17) is 5.73 Å². The molecule has 7 heteroatoms. The van der Waals surface area contributed by atoms with Gasteiger partial charge in [-0.1, -0.05) is 30.3 Å². The van der Waals surface area contributed by atoms with Crippen molar-refractivity contribution in [1.82, 2.24) is 5.32 Å². The molecular formula is C15H20N2O5. The van der Waals surface area contributed by atoms with Gasteiger partial charge in [0.15, 0.2) is 0 Å². The number of amides is 1. The van der Waals surface area contributed by atoms with Crippen molar-refractivity contribution in [2.75, 3.05) is 14.2 Å². The molecule has 1 rings (SSSR count). The summed E-state index contributed by atoms with van der Waals surface area (Å²) in [6, 6.07) is 7.28. The summed E-state index contributed by atoms with van der Waals surface area (Å²) in [4.78, 5) is 34.9. The first-order valence-electron chi connectivity index (χ1n) is 6.72. The quantitative estimate of drug-likeness (QED) is 0.674. The molecule has 0 aliphatic rings. The molecule has 0 heterocycles. The highest BCUT2D eigenvalue weighted by atomic mass is 16.5. The Labute approximate surface area is 128 Å². The summed E-state index contributed by atoms with van der Waals surface area (Å²) in [5, 5.41) is 2.41. The highest BCUT2D eigenvalue weighted by molar-refractivity contribution is 5.90. The van der Waals surface area contributed by atoms with Crippen LogP contribution in [0, 0.1) is 0 Å². The highest BCUT2D eigenvalue weighted by Gasteiger charge is 2.27. The van der Waals surface area contributed by atoms with Crippen molar-refractivity contribution >= 4 is 17.8 Å². The minimum atomic E-state index is -1.12.